The van der Waals surface area contributed by atoms with Crippen molar-refractivity contribution in [1.29, 1.82) is 0 Å². The molecule has 0 atom stereocenters. The van der Waals surface area contributed by atoms with E-state index in [1.807, 2.05) is 30.3 Å². The van der Waals surface area contributed by atoms with E-state index in [0.717, 1.165) is 11.3 Å². The molecule has 1 N–H and O–H groups in total. The minimum absolute atomic E-state index is 0.128. The van der Waals surface area contributed by atoms with E-state index in [0.29, 0.717) is 22.3 Å². The molecule has 1 aliphatic heterocycles. The minimum Gasteiger partial charge on any atom is -0.508 e. The average molecular weight is 366 g/mol. The number of benzene rings is 2. The first kappa shape index (κ1) is 17.8. The van der Waals surface area contributed by atoms with Crippen molar-refractivity contribution in [2.24, 2.45) is 4.99 Å². The van der Waals surface area contributed by atoms with E-state index in [1.165, 1.54) is 11.8 Å². The lowest BCUT2D eigenvalue weighted by Gasteiger charge is -2.12. The Labute approximate surface area is 156 Å². The molecule has 2 aromatic rings. The number of amidine groups is 1. The quantitative estimate of drug-likeness (QED) is 0.637. The summed E-state index contributed by atoms with van der Waals surface area (Å²) in [4.78, 5) is 19.4. The highest BCUT2D eigenvalue weighted by molar-refractivity contribution is 8.18. The topological polar surface area (TPSA) is 62.1 Å². The number of nitrogens with zero attached hydrogens (tertiary/aromatic N) is 2. The molecule has 0 bridgehead atoms. The molecule has 1 amide bonds. The van der Waals surface area contributed by atoms with Crippen molar-refractivity contribution in [1.82, 2.24) is 4.90 Å². The molecule has 0 unspecified atom stereocenters. The van der Waals surface area contributed by atoms with Crippen LogP contribution in [0.5, 0.6) is 11.5 Å². The lowest BCUT2D eigenvalue weighted by molar-refractivity contribution is -0.121. The van der Waals surface area contributed by atoms with Gasteiger partial charge in [0, 0.05) is 12.6 Å². The molecular weight excluding hydrogens is 348 g/mol. The molecule has 0 aliphatic carbocycles. The smallest absolute Gasteiger partial charge is 0.267 e. The number of aromatic hydroxyl groups is 1. The van der Waals surface area contributed by atoms with Crippen LogP contribution in [0.15, 0.2) is 71.1 Å². The van der Waals surface area contributed by atoms with Gasteiger partial charge in [-0.15, -0.1) is 6.58 Å². The number of hydrogen-bond acceptors (Lipinski definition) is 5. The number of rotatable bonds is 5. The first-order valence-electron chi connectivity index (χ1n) is 7.95. The molecular formula is C20H18N2O3S. The van der Waals surface area contributed by atoms with Gasteiger partial charge in [-0.1, -0.05) is 24.3 Å². The van der Waals surface area contributed by atoms with Gasteiger partial charge in [0.25, 0.3) is 5.91 Å². The summed E-state index contributed by atoms with van der Waals surface area (Å²) in [5.41, 5.74) is 1.45. The molecule has 0 saturated carbocycles. The van der Waals surface area contributed by atoms with Crippen LogP contribution in [-0.2, 0) is 4.79 Å². The molecule has 26 heavy (non-hydrogen) atoms. The molecule has 1 fully saturated rings. The molecule has 3 rings (SSSR count). The summed E-state index contributed by atoms with van der Waals surface area (Å²) in [5.74, 6) is 0.728. The largest absolute Gasteiger partial charge is 0.508 e. The second kappa shape index (κ2) is 7.93. The van der Waals surface area contributed by atoms with Crippen molar-refractivity contribution in [2.45, 2.75) is 0 Å². The normalized spacial score (nSPS) is 17.1. The third-order valence-corrected chi connectivity index (χ3v) is 4.65. The number of carbonyl (C=O) groups excluding carboxylic acids is 1. The van der Waals surface area contributed by atoms with Crippen LogP contribution in [0.4, 0.5) is 5.69 Å². The number of aliphatic imine (C=N–C) groups is 1. The van der Waals surface area contributed by atoms with Gasteiger partial charge in [0.05, 0.1) is 17.7 Å². The summed E-state index contributed by atoms with van der Waals surface area (Å²) in [7, 11) is 1.60. The fraction of sp³-hybridized carbons (Fsp3) is 0.100. The highest BCUT2D eigenvalue weighted by atomic mass is 32.2. The van der Waals surface area contributed by atoms with Crippen LogP contribution >= 0.6 is 11.8 Å². The van der Waals surface area contributed by atoms with Gasteiger partial charge in [-0.2, -0.15) is 0 Å². The maximum Gasteiger partial charge on any atom is 0.267 e. The second-order valence-electron chi connectivity index (χ2n) is 5.51. The van der Waals surface area contributed by atoms with E-state index in [-0.39, 0.29) is 11.7 Å². The number of ether oxygens (including phenoxy) is 1. The highest BCUT2D eigenvalue weighted by Gasteiger charge is 2.32. The zero-order chi connectivity index (χ0) is 18.5. The third kappa shape index (κ3) is 3.97. The molecule has 0 aromatic heterocycles. The Morgan fingerprint density at radius 2 is 2.08 bits per heavy atom. The van der Waals surface area contributed by atoms with E-state index in [4.69, 9.17) is 4.74 Å². The minimum atomic E-state index is -0.128. The monoisotopic (exact) mass is 366 g/mol. The molecule has 0 spiro atoms. The molecule has 1 heterocycles. The number of phenolic OH excluding ortho intramolecular Hbond substituents is 1. The predicted octanol–water partition coefficient (Wildman–Crippen LogP) is 4.19. The SMILES string of the molecule is C=CCN1C(=O)/C(=C/c2cccc(OC)c2)SC1=Nc1cccc(O)c1. The van der Waals surface area contributed by atoms with Crippen LogP contribution in [0.2, 0.25) is 0 Å². The van der Waals surface area contributed by atoms with Crippen molar-refractivity contribution in [3.63, 3.8) is 0 Å². The van der Waals surface area contributed by atoms with Gasteiger partial charge in [0.1, 0.15) is 11.5 Å². The number of carbonyl (C=O) groups is 1. The lowest BCUT2D eigenvalue weighted by atomic mass is 10.2. The Hall–Kier alpha value is -2.99. The van der Waals surface area contributed by atoms with Crippen LogP contribution in [0.3, 0.4) is 0 Å². The van der Waals surface area contributed by atoms with Crippen LogP contribution in [0, 0.1) is 0 Å². The molecule has 5 nitrogen and oxygen atoms in total. The standard InChI is InChI=1S/C20H18N2O3S/c1-3-10-22-19(24)18(12-14-6-4-9-17(11-14)25-2)26-20(22)21-15-7-5-8-16(23)13-15/h3-9,11-13,23H,1,10H2,2H3/b18-12-,21-20?. The zero-order valence-electron chi connectivity index (χ0n) is 14.3. The van der Waals surface area contributed by atoms with E-state index in [1.54, 1.807) is 42.4 Å². The summed E-state index contributed by atoms with van der Waals surface area (Å²) in [6, 6.07) is 14.1. The van der Waals surface area contributed by atoms with E-state index < -0.39 is 0 Å². The van der Waals surface area contributed by atoms with Gasteiger partial charge in [0.15, 0.2) is 5.17 Å². The Morgan fingerprint density at radius 3 is 2.81 bits per heavy atom. The maximum absolute atomic E-state index is 12.7. The summed E-state index contributed by atoms with van der Waals surface area (Å²) >= 11 is 1.29. The van der Waals surface area contributed by atoms with E-state index in [9.17, 15) is 9.90 Å². The number of methoxy groups -OCH3 is 1. The summed E-state index contributed by atoms with van der Waals surface area (Å²) in [6.07, 6.45) is 3.47. The number of thioether (sulfide) groups is 1. The second-order valence-corrected chi connectivity index (χ2v) is 6.52. The van der Waals surface area contributed by atoms with Crippen molar-refractivity contribution in [2.75, 3.05) is 13.7 Å². The van der Waals surface area contributed by atoms with Crippen LogP contribution in [0.25, 0.3) is 6.08 Å². The Balaban J connectivity index is 1.95. The zero-order valence-corrected chi connectivity index (χ0v) is 15.1. The van der Waals surface area contributed by atoms with E-state index in [2.05, 4.69) is 11.6 Å². The molecule has 132 valence electrons. The molecule has 0 radical (unpaired) electrons. The number of phenols is 1. The van der Waals surface area contributed by atoms with Crippen LogP contribution in [-0.4, -0.2) is 34.7 Å². The first-order valence-corrected chi connectivity index (χ1v) is 8.76. The van der Waals surface area contributed by atoms with Gasteiger partial charge in [-0.3, -0.25) is 9.69 Å². The van der Waals surface area contributed by atoms with Crippen molar-refractivity contribution < 1.29 is 14.6 Å². The molecule has 1 saturated heterocycles. The summed E-state index contributed by atoms with van der Waals surface area (Å²) < 4.78 is 5.23. The number of amides is 1. The van der Waals surface area contributed by atoms with Crippen LogP contribution < -0.4 is 4.74 Å². The Kier molecular flexibility index (Phi) is 5.43. The van der Waals surface area contributed by atoms with Crippen molar-refractivity contribution in [3.05, 3.63) is 71.7 Å². The van der Waals surface area contributed by atoms with Gasteiger partial charge < -0.3 is 9.84 Å². The average Bonchev–Trinajstić information content (AvgIpc) is 2.91. The fourth-order valence-electron chi connectivity index (χ4n) is 2.44. The first-order chi connectivity index (χ1) is 12.6. The van der Waals surface area contributed by atoms with Gasteiger partial charge in [-0.05, 0) is 47.7 Å². The van der Waals surface area contributed by atoms with E-state index >= 15 is 0 Å². The Morgan fingerprint density at radius 1 is 1.27 bits per heavy atom. The molecule has 2 aromatic carbocycles. The third-order valence-electron chi connectivity index (χ3n) is 3.65. The summed E-state index contributed by atoms with van der Waals surface area (Å²) in [5, 5.41) is 10.2. The van der Waals surface area contributed by atoms with Gasteiger partial charge >= 0.3 is 0 Å². The number of hydrogen-bond donors (Lipinski definition) is 1. The summed E-state index contributed by atoms with van der Waals surface area (Å²) in [6.45, 7) is 4.07. The maximum atomic E-state index is 12.7. The van der Waals surface area contributed by atoms with Gasteiger partial charge in [-0.25, -0.2) is 4.99 Å². The van der Waals surface area contributed by atoms with Crippen molar-refractivity contribution in [3.8, 4) is 11.5 Å². The molecule has 6 heteroatoms. The van der Waals surface area contributed by atoms with Crippen LogP contribution in [0.1, 0.15) is 5.56 Å². The Bertz CT molecular complexity index is 905. The molecule has 1 aliphatic rings. The fourth-order valence-corrected chi connectivity index (χ4v) is 3.45. The highest BCUT2D eigenvalue weighted by Crippen LogP contribution is 2.34. The lowest BCUT2D eigenvalue weighted by Crippen LogP contribution is -2.29. The van der Waals surface area contributed by atoms with Crippen molar-refractivity contribution >= 4 is 34.6 Å². The van der Waals surface area contributed by atoms with Gasteiger partial charge in [0.2, 0.25) is 0 Å². The predicted molar refractivity (Wildman–Crippen MR) is 106 cm³/mol.